The van der Waals surface area contributed by atoms with Crippen molar-refractivity contribution in [2.75, 3.05) is 6.61 Å². The van der Waals surface area contributed by atoms with E-state index in [1.54, 1.807) is 0 Å². The molecule has 0 fully saturated rings. The van der Waals surface area contributed by atoms with Crippen LogP contribution in [0, 0.1) is 0 Å². The Balaban J connectivity index is 2.03. The summed E-state index contributed by atoms with van der Waals surface area (Å²) in [5.74, 6) is 0. The van der Waals surface area contributed by atoms with Gasteiger partial charge < -0.3 is 10.4 Å². The molecule has 3 heteroatoms. The number of aromatic nitrogens is 1. The molecule has 2 rings (SSSR count). The molecule has 1 aromatic heterocycles. The van der Waals surface area contributed by atoms with Crippen LogP contribution >= 0.6 is 0 Å². The van der Waals surface area contributed by atoms with E-state index >= 15 is 0 Å². The van der Waals surface area contributed by atoms with Crippen LogP contribution in [-0.2, 0) is 6.54 Å². The Morgan fingerprint density at radius 3 is 2.83 bits per heavy atom. The molecule has 0 amide bonds. The Morgan fingerprint density at radius 2 is 2.06 bits per heavy atom. The number of nitrogens with zero attached hydrogens (tertiary/aromatic N) is 1. The smallest absolute Gasteiger partial charge is 0.0705 e. The molecule has 1 atom stereocenters. The number of hydrogen-bond acceptors (Lipinski definition) is 3. The van der Waals surface area contributed by atoms with E-state index in [-0.39, 0.29) is 6.61 Å². The Labute approximate surface area is 108 Å². The van der Waals surface area contributed by atoms with Gasteiger partial charge in [0.25, 0.3) is 0 Å². The molecular weight excluding hydrogens is 224 g/mol. The molecule has 2 aromatic rings. The first-order chi connectivity index (χ1) is 8.83. The average molecular weight is 244 g/mol. The quantitative estimate of drug-likeness (QED) is 0.820. The molecule has 1 heterocycles. The number of aliphatic hydroxyl groups excluding tert-OH is 1. The summed E-state index contributed by atoms with van der Waals surface area (Å²) in [5, 5.41) is 13.5. The second-order valence-electron chi connectivity index (χ2n) is 4.49. The largest absolute Gasteiger partial charge is 0.396 e. The van der Waals surface area contributed by atoms with Crippen molar-refractivity contribution in [1.82, 2.24) is 10.3 Å². The lowest BCUT2D eigenvalue weighted by atomic mass is 10.1. The highest BCUT2D eigenvalue weighted by atomic mass is 16.3. The van der Waals surface area contributed by atoms with Crippen molar-refractivity contribution in [2.45, 2.75) is 32.4 Å². The fourth-order valence-corrected chi connectivity index (χ4v) is 2.06. The molecule has 0 radical (unpaired) electrons. The van der Waals surface area contributed by atoms with Gasteiger partial charge in [-0.25, -0.2) is 0 Å². The number of aliphatic hydroxyl groups is 1. The molecule has 0 aliphatic heterocycles. The third kappa shape index (κ3) is 3.28. The maximum atomic E-state index is 8.95. The molecule has 3 nitrogen and oxygen atoms in total. The summed E-state index contributed by atoms with van der Waals surface area (Å²) in [6.07, 6.45) is 1.82. The van der Waals surface area contributed by atoms with E-state index in [9.17, 15) is 0 Å². The number of hydrogen-bond donors (Lipinski definition) is 2. The highest BCUT2D eigenvalue weighted by Crippen LogP contribution is 2.11. The molecular formula is C15H20N2O. The zero-order chi connectivity index (χ0) is 12.8. The van der Waals surface area contributed by atoms with Crippen LogP contribution in [0.15, 0.2) is 36.4 Å². The van der Waals surface area contributed by atoms with Crippen molar-refractivity contribution in [3.63, 3.8) is 0 Å². The lowest BCUT2D eigenvalue weighted by Gasteiger charge is -2.15. The van der Waals surface area contributed by atoms with E-state index in [4.69, 9.17) is 5.11 Å². The minimum atomic E-state index is 0.233. The van der Waals surface area contributed by atoms with Gasteiger partial charge in [0.15, 0.2) is 0 Å². The first kappa shape index (κ1) is 13.0. The number of nitrogens with one attached hydrogen (secondary N) is 1. The first-order valence-electron chi connectivity index (χ1n) is 6.52. The third-order valence-electron chi connectivity index (χ3n) is 3.20. The third-order valence-corrected chi connectivity index (χ3v) is 3.20. The maximum absolute atomic E-state index is 8.95. The van der Waals surface area contributed by atoms with Gasteiger partial charge in [0.2, 0.25) is 0 Å². The number of para-hydroxylation sites is 1. The zero-order valence-electron chi connectivity index (χ0n) is 10.8. The van der Waals surface area contributed by atoms with Crippen molar-refractivity contribution in [1.29, 1.82) is 0 Å². The van der Waals surface area contributed by atoms with Crippen molar-refractivity contribution >= 4 is 10.9 Å². The van der Waals surface area contributed by atoms with Gasteiger partial charge in [-0.2, -0.15) is 0 Å². The average Bonchev–Trinajstić information content (AvgIpc) is 2.43. The van der Waals surface area contributed by atoms with Crippen LogP contribution in [0.1, 0.15) is 25.5 Å². The molecule has 0 aliphatic rings. The van der Waals surface area contributed by atoms with E-state index in [0.29, 0.717) is 6.04 Å². The van der Waals surface area contributed by atoms with E-state index in [1.807, 2.05) is 18.2 Å². The first-order valence-corrected chi connectivity index (χ1v) is 6.52. The predicted molar refractivity (Wildman–Crippen MR) is 74.4 cm³/mol. The fourth-order valence-electron chi connectivity index (χ4n) is 2.06. The van der Waals surface area contributed by atoms with Crippen LogP contribution < -0.4 is 5.32 Å². The van der Waals surface area contributed by atoms with Gasteiger partial charge in [-0.05, 0) is 25.0 Å². The molecule has 2 N–H and O–H groups in total. The summed E-state index contributed by atoms with van der Waals surface area (Å²) < 4.78 is 0. The van der Waals surface area contributed by atoms with E-state index in [0.717, 1.165) is 30.6 Å². The fraction of sp³-hybridized carbons (Fsp3) is 0.400. The van der Waals surface area contributed by atoms with Gasteiger partial charge in [-0.1, -0.05) is 31.2 Å². The standard InChI is InChI=1S/C15H20N2O/c1-2-13(9-10-18)16-11-14-8-7-12-5-3-4-6-15(12)17-14/h3-8,13,16,18H,2,9-11H2,1H3. The number of fused-ring (bicyclic) bond motifs is 1. The SMILES string of the molecule is CCC(CCO)NCc1ccc2ccccc2n1. The van der Waals surface area contributed by atoms with Crippen LogP contribution in [-0.4, -0.2) is 22.7 Å². The molecule has 0 spiro atoms. The van der Waals surface area contributed by atoms with Gasteiger partial charge in [-0.3, -0.25) is 4.98 Å². The van der Waals surface area contributed by atoms with Gasteiger partial charge >= 0.3 is 0 Å². The summed E-state index contributed by atoms with van der Waals surface area (Å²) in [6, 6.07) is 12.7. The van der Waals surface area contributed by atoms with Gasteiger partial charge in [0.1, 0.15) is 0 Å². The van der Waals surface area contributed by atoms with Crippen molar-refractivity contribution in [3.8, 4) is 0 Å². The highest BCUT2D eigenvalue weighted by Gasteiger charge is 2.05. The Hall–Kier alpha value is -1.45. The summed E-state index contributed by atoms with van der Waals surface area (Å²) in [6.45, 7) is 3.11. The Kier molecular flexibility index (Phi) is 4.67. The monoisotopic (exact) mass is 244 g/mol. The zero-order valence-corrected chi connectivity index (χ0v) is 10.8. The highest BCUT2D eigenvalue weighted by molar-refractivity contribution is 5.78. The Morgan fingerprint density at radius 1 is 1.22 bits per heavy atom. The summed E-state index contributed by atoms with van der Waals surface area (Å²) in [4.78, 5) is 4.62. The summed E-state index contributed by atoms with van der Waals surface area (Å²) in [7, 11) is 0. The molecule has 96 valence electrons. The molecule has 0 aliphatic carbocycles. The van der Waals surface area contributed by atoms with Crippen LogP contribution in [0.2, 0.25) is 0 Å². The van der Waals surface area contributed by atoms with Crippen LogP contribution in [0.3, 0.4) is 0 Å². The minimum absolute atomic E-state index is 0.233. The predicted octanol–water partition coefficient (Wildman–Crippen LogP) is 2.49. The van der Waals surface area contributed by atoms with Crippen molar-refractivity contribution in [2.24, 2.45) is 0 Å². The number of benzene rings is 1. The second kappa shape index (κ2) is 6.47. The molecule has 18 heavy (non-hydrogen) atoms. The molecule has 0 saturated carbocycles. The molecule has 1 unspecified atom stereocenters. The summed E-state index contributed by atoms with van der Waals surface area (Å²) in [5.41, 5.74) is 2.08. The van der Waals surface area contributed by atoms with E-state index in [1.165, 1.54) is 5.39 Å². The lowest BCUT2D eigenvalue weighted by Crippen LogP contribution is -2.29. The Bertz CT molecular complexity index is 499. The van der Waals surface area contributed by atoms with Gasteiger partial charge in [0, 0.05) is 24.6 Å². The summed E-state index contributed by atoms with van der Waals surface area (Å²) >= 11 is 0. The van der Waals surface area contributed by atoms with Crippen molar-refractivity contribution < 1.29 is 5.11 Å². The molecule has 0 bridgehead atoms. The number of pyridine rings is 1. The van der Waals surface area contributed by atoms with E-state index < -0.39 is 0 Å². The van der Waals surface area contributed by atoms with Crippen LogP contribution in [0.5, 0.6) is 0 Å². The number of rotatable bonds is 6. The molecule has 0 saturated heterocycles. The van der Waals surface area contributed by atoms with Crippen LogP contribution in [0.4, 0.5) is 0 Å². The normalized spacial score (nSPS) is 12.8. The van der Waals surface area contributed by atoms with Gasteiger partial charge in [-0.15, -0.1) is 0 Å². The topological polar surface area (TPSA) is 45.1 Å². The molecule has 1 aromatic carbocycles. The minimum Gasteiger partial charge on any atom is -0.396 e. The van der Waals surface area contributed by atoms with E-state index in [2.05, 4.69) is 35.4 Å². The second-order valence-corrected chi connectivity index (χ2v) is 4.49. The lowest BCUT2D eigenvalue weighted by molar-refractivity contribution is 0.262. The van der Waals surface area contributed by atoms with Crippen LogP contribution in [0.25, 0.3) is 10.9 Å². The maximum Gasteiger partial charge on any atom is 0.0705 e. The van der Waals surface area contributed by atoms with Gasteiger partial charge in [0.05, 0.1) is 11.2 Å². The van der Waals surface area contributed by atoms with Crippen molar-refractivity contribution in [3.05, 3.63) is 42.1 Å².